The highest BCUT2D eigenvalue weighted by Crippen LogP contribution is 2.31. The lowest BCUT2D eigenvalue weighted by molar-refractivity contribution is 0.0497. The fourth-order valence-corrected chi connectivity index (χ4v) is 3.44. The van der Waals surface area contributed by atoms with E-state index < -0.39 is 0 Å². The molecule has 1 saturated heterocycles. The van der Waals surface area contributed by atoms with Gasteiger partial charge in [0.1, 0.15) is 0 Å². The van der Waals surface area contributed by atoms with Gasteiger partial charge in [-0.05, 0) is 37.8 Å². The molecule has 0 spiro atoms. The topological polar surface area (TPSA) is 38.8 Å². The molecule has 0 aliphatic carbocycles. The van der Waals surface area contributed by atoms with Crippen LogP contribution in [0.15, 0.2) is 30.3 Å². The molecular formula is C23H36O3. The minimum absolute atomic E-state index is 0.217. The summed E-state index contributed by atoms with van der Waals surface area (Å²) in [7, 11) is 0. The van der Waals surface area contributed by atoms with Gasteiger partial charge in [0.25, 0.3) is 0 Å². The summed E-state index contributed by atoms with van der Waals surface area (Å²) in [6.45, 7) is 2.78. The zero-order valence-electron chi connectivity index (χ0n) is 16.5. The quantitative estimate of drug-likeness (QED) is 0.209. The first kappa shape index (κ1) is 21.0. The second-order valence-electron chi connectivity index (χ2n) is 7.47. The third kappa shape index (κ3) is 8.84. The number of esters is 1. The number of benzene rings is 1. The highest BCUT2D eigenvalue weighted by molar-refractivity contribution is 5.89. The first-order valence-corrected chi connectivity index (χ1v) is 10.7. The highest BCUT2D eigenvalue weighted by Gasteiger charge is 2.36. The van der Waals surface area contributed by atoms with E-state index in [4.69, 9.17) is 9.47 Å². The third-order valence-corrected chi connectivity index (χ3v) is 5.16. The van der Waals surface area contributed by atoms with Crippen LogP contribution in [0.2, 0.25) is 0 Å². The fraction of sp³-hybridized carbons (Fsp3) is 0.696. The molecule has 146 valence electrons. The van der Waals surface area contributed by atoms with Crippen molar-refractivity contribution in [2.45, 2.75) is 96.2 Å². The van der Waals surface area contributed by atoms with Crippen LogP contribution in [0.4, 0.5) is 0 Å². The molecule has 1 aliphatic heterocycles. The maximum Gasteiger partial charge on any atom is 0.338 e. The average molecular weight is 361 g/mol. The van der Waals surface area contributed by atoms with Gasteiger partial charge in [0.15, 0.2) is 0 Å². The van der Waals surface area contributed by atoms with Crippen LogP contribution in [0, 0.1) is 0 Å². The Labute approximate surface area is 159 Å². The van der Waals surface area contributed by atoms with Crippen molar-refractivity contribution in [3.8, 4) is 0 Å². The van der Waals surface area contributed by atoms with E-state index >= 15 is 0 Å². The number of unbranched alkanes of at least 4 members (excludes halogenated alkanes) is 8. The molecule has 1 aliphatic rings. The summed E-state index contributed by atoms with van der Waals surface area (Å²) in [5, 5.41) is 0. The fourth-order valence-electron chi connectivity index (χ4n) is 3.44. The van der Waals surface area contributed by atoms with E-state index in [0.29, 0.717) is 24.4 Å². The standard InChI is InChI=1S/C23H36O3/c1-2-3-4-5-6-7-12-17-21-22(26-21)18-13-9-14-19-25-23(24)20-15-10-8-11-16-20/h8,10-11,15-16,21-22H,2-7,9,12-14,17-19H2,1H3. The molecule has 0 aromatic heterocycles. The molecule has 3 heteroatoms. The van der Waals surface area contributed by atoms with E-state index in [2.05, 4.69) is 6.92 Å². The van der Waals surface area contributed by atoms with E-state index in [1.165, 1.54) is 57.8 Å². The predicted molar refractivity (Wildman–Crippen MR) is 106 cm³/mol. The van der Waals surface area contributed by atoms with Crippen LogP contribution >= 0.6 is 0 Å². The van der Waals surface area contributed by atoms with Gasteiger partial charge < -0.3 is 9.47 Å². The van der Waals surface area contributed by atoms with Crippen LogP contribution in [0.1, 0.15) is 94.3 Å². The van der Waals surface area contributed by atoms with Crippen molar-refractivity contribution in [1.82, 2.24) is 0 Å². The van der Waals surface area contributed by atoms with E-state index in [-0.39, 0.29) is 5.97 Å². The maximum atomic E-state index is 11.8. The van der Waals surface area contributed by atoms with Crippen molar-refractivity contribution in [1.29, 1.82) is 0 Å². The molecule has 0 amide bonds. The van der Waals surface area contributed by atoms with Crippen molar-refractivity contribution >= 4 is 5.97 Å². The van der Waals surface area contributed by atoms with Gasteiger partial charge in [0.2, 0.25) is 0 Å². The number of carbonyl (C=O) groups excluding carboxylic acids is 1. The Balaban J connectivity index is 1.36. The molecular weight excluding hydrogens is 324 g/mol. The molecule has 2 rings (SSSR count). The van der Waals surface area contributed by atoms with Crippen molar-refractivity contribution in [2.75, 3.05) is 6.61 Å². The summed E-state index contributed by atoms with van der Waals surface area (Å²) in [5.41, 5.74) is 0.632. The minimum atomic E-state index is -0.217. The number of rotatable bonds is 15. The van der Waals surface area contributed by atoms with Gasteiger partial charge in [-0.3, -0.25) is 0 Å². The van der Waals surface area contributed by atoms with Gasteiger partial charge in [-0.15, -0.1) is 0 Å². The summed E-state index contributed by atoms with van der Waals surface area (Å²) < 4.78 is 11.1. The van der Waals surface area contributed by atoms with Crippen LogP contribution in [0.3, 0.4) is 0 Å². The smallest absolute Gasteiger partial charge is 0.338 e. The van der Waals surface area contributed by atoms with E-state index in [9.17, 15) is 4.79 Å². The van der Waals surface area contributed by atoms with Gasteiger partial charge in [-0.2, -0.15) is 0 Å². The van der Waals surface area contributed by atoms with E-state index in [1.807, 2.05) is 18.2 Å². The van der Waals surface area contributed by atoms with E-state index in [1.54, 1.807) is 12.1 Å². The Morgan fingerprint density at radius 2 is 1.42 bits per heavy atom. The zero-order valence-corrected chi connectivity index (χ0v) is 16.5. The molecule has 3 nitrogen and oxygen atoms in total. The average Bonchev–Trinajstić information content (AvgIpc) is 3.42. The normalized spacial score (nSPS) is 18.7. The van der Waals surface area contributed by atoms with Gasteiger partial charge in [0.05, 0.1) is 24.4 Å². The summed E-state index contributed by atoms with van der Waals surface area (Å²) in [4.78, 5) is 11.8. The largest absolute Gasteiger partial charge is 0.462 e. The summed E-state index contributed by atoms with van der Waals surface area (Å²) in [5.74, 6) is -0.217. The van der Waals surface area contributed by atoms with Gasteiger partial charge in [0, 0.05) is 0 Å². The van der Waals surface area contributed by atoms with Gasteiger partial charge >= 0.3 is 5.97 Å². The number of hydrogen-bond acceptors (Lipinski definition) is 3. The Bertz CT molecular complexity index is 485. The molecule has 1 fully saturated rings. The first-order valence-electron chi connectivity index (χ1n) is 10.7. The molecule has 0 saturated carbocycles. The Kier molecular flexibility index (Phi) is 10.4. The molecule has 26 heavy (non-hydrogen) atoms. The summed E-state index contributed by atoms with van der Waals surface area (Å²) in [6, 6.07) is 9.19. The molecule has 1 aromatic carbocycles. The van der Waals surface area contributed by atoms with Crippen LogP contribution in [0.5, 0.6) is 0 Å². The Hall–Kier alpha value is -1.35. The summed E-state index contributed by atoms with van der Waals surface area (Å²) in [6.07, 6.45) is 16.2. The molecule has 1 heterocycles. The monoisotopic (exact) mass is 360 g/mol. The highest BCUT2D eigenvalue weighted by atomic mass is 16.6. The lowest BCUT2D eigenvalue weighted by Gasteiger charge is -2.04. The SMILES string of the molecule is CCCCCCCCCC1OC1CCCCCOC(=O)c1ccccc1. The number of hydrogen-bond donors (Lipinski definition) is 0. The second-order valence-corrected chi connectivity index (χ2v) is 7.47. The lowest BCUT2D eigenvalue weighted by atomic mass is 10.0. The number of epoxide rings is 1. The molecule has 0 radical (unpaired) electrons. The van der Waals surface area contributed by atoms with Crippen LogP contribution < -0.4 is 0 Å². The zero-order chi connectivity index (χ0) is 18.5. The van der Waals surface area contributed by atoms with Gasteiger partial charge in [-0.1, -0.05) is 76.5 Å². The van der Waals surface area contributed by atoms with Crippen LogP contribution in [-0.2, 0) is 9.47 Å². The molecule has 0 bridgehead atoms. The Morgan fingerprint density at radius 1 is 0.846 bits per heavy atom. The number of ether oxygens (including phenoxy) is 2. The first-order chi connectivity index (χ1) is 12.8. The predicted octanol–water partition coefficient (Wildman–Crippen LogP) is 6.31. The van der Waals surface area contributed by atoms with E-state index in [0.717, 1.165) is 19.3 Å². The van der Waals surface area contributed by atoms with Crippen LogP contribution in [0.25, 0.3) is 0 Å². The second kappa shape index (κ2) is 12.9. The Morgan fingerprint density at radius 3 is 2.08 bits per heavy atom. The van der Waals surface area contributed by atoms with Crippen molar-refractivity contribution < 1.29 is 14.3 Å². The molecule has 1 aromatic rings. The van der Waals surface area contributed by atoms with Gasteiger partial charge in [-0.25, -0.2) is 4.79 Å². The maximum absolute atomic E-state index is 11.8. The summed E-state index contributed by atoms with van der Waals surface area (Å²) >= 11 is 0. The van der Waals surface area contributed by atoms with Crippen LogP contribution in [-0.4, -0.2) is 24.8 Å². The lowest BCUT2D eigenvalue weighted by Crippen LogP contribution is -2.06. The number of carbonyl (C=O) groups is 1. The molecule has 0 N–H and O–H groups in total. The molecule has 2 atom stereocenters. The van der Waals surface area contributed by atoms with Crippen molar-refractivity contribution in [2.24, 2.45) is 0 Å². The van der Waals surface area contributed by atoms with Crippen molar-refractivity contribution in [3.63, 3.8) is 0 Å². The molecule has 2 unspecified atom stereocenters. The van der Waals surface area contributed by atoms with Crippen molar-refractivity contribution in [3.05, 3.63) is 35.9 Å². The third-order valence-electron chi connectivity index (χ3n) is 5.16. The minimum Gasteiger partial charge on any atom is -0.462 e.